The summed E-state index contributed by atoms with van der Waals surface area (Å²) in [7, 11) is 0. The second kappa shape index (κ2) is 21.8. The molecule has 16 rings (SSSR count). The maximum atomic E-state index is 14.6. The molecule has 488 valence electrons. The number of benzene rings is 4. The number of hydrogen-bond donors (Lipinski definition) is 14. The van der Waals surface area contributed by atoms with E-state index in [1.54, 1.807) is 42.5 Å². The molecule has 27 nitrogen and oxygen atoms in total. The first-order valence-corrected chi connectivity index (χ1v) is 32.4. The molecule has 94 heavy (non-hydrogen) atoms. The zero-order chi connectivity index (χ0) is 64.9. The number of phenols is 2. The van der Waals surface area contributed by atoms with Crippen LogP contribution in [0.1, 0.15) is 106 Å². The van der Waals surface area contributed by atoms with Crippen molar-refractivity contribution >= 4 is 86.1 Å². The second-order valence-electron chi connectivity index (χ2n) is 27.1. The van der Waals surface area contributed by atoms with Crippen LogP contribution in [0.15, 0.2) is 65.7 Å². The summed E-state index contributed by atoms with van der Waals surface area (Å²) in [6, 6.07) is 16.7. The van der Waals surface area contributed by atoms with Crippen LogP contribution in [-0.4, -0.2) is 183 Å². The zero-order valence-electron chi connectivity index (χ0n) is 51.2. The summed E-state index contributed by atoms with van der Waals surface area (Å²) in [6.07, 6.45) is 3.44. The fourth-order valence-electron chi connectivity index (χ4n) is 17.4. The number of likely N-dealkylation sites (tertiary alicyclic amines) is 2. The van der Waals surface area contributed by atoms with Gasteiger partial charge in [-0.25, -0.2) is 0 Å². The lowest BCUT2D eigenvalue weighted by Gasteiger charge is -2.62. The number of carbonyl (C=O) groups excluding carboxylic acids is 8. The van der Waals surface area contributed by atoms with Crippen LogP contribution >= 0.6 is 0 Å². The minimum atomic E-state index is -1.67. The summed E-state index contributed by atoms with van der Waals surface area (Å²) in [5.74, 6) is -3.21. The SMILES string of the molecule is NC(=NCCNC(=O)CNC(=O)CNC(=O)CCC(=O)NC(=O)CNCC(=O)Nc1cccc2[nH]c3c(c12)[C@@]1(O)[C@H]2Cc4ccc(O)c5c4[C@@]1(CCN2CC1CC1)[C@@H](O5)C3=O)Nc1ccc2[nH]c3c(c2c1)[C@@]1(O)[C@H]2Cc4ccc(O)c5c4[C@@]1(CCN2CC1CC1)[C@@H](O5)C3=O. The number of aliphatic hydroxyl groups is 2. The number of ketones is 2. The summed E-state index contributed by atoms with van der Waals surface area (Å²) in [5.41, 5.74) is 7.41. The topological polar surface area (TPSA) is 397 Å². The van der Waals surface area contributed by atoms with E-state index in [9.17, 15) is 58.8 Å². The number of rotatable bonds is 20. The number of ether oxygens (including phenoxy) is 2. The number of piperidine rings is 2. The lowest BCUT2D eigenvalue weighted by atomic mass is 9.48. The van der Waals surface area contributed by atoms with Gasteiger partial charge in [-0.15, -0.1) is 0 Å². The monoisotopic (exact) mass is 1280 g/mol. The molecule has 2 saturated heterocycles. The smallest absolute Gasteiger partial charge is 0.240 e. The van der Waals surface area contributed by atoms with E-state index in [1.165, 1.54) is 0 Å². The van der Waals surface area contributed by atoms with Gasteiger partial charge in [0.1, 0.15) is 11.2 Å². The third-order valence-corrected chi connectivity index (χ3v) is 21.6. The van der Waals surface area contributed by atoms with Crippen molar-refractivity contribution in [3.05, 3.63) is 105 Å². The molecule has 2 spiro atoms. The molecule has 10 aliphatic rings. The molecule has 27 heteroatoms. The Labute approximate surface area is 536 Å². The van der Waals surface area contributed by atoms with Crippen molar-refractivity contribution in [3.63, 3.8) is 0 Å². The highest BCUT2D eigenvalue weighted by Crippen LogP contribution is 2.70. The molecule has 6 aliphatic carbocycles. The van der Waals surface area contributed by atoms with Gasteiger partial charge in [0.05, 0.1) is 60.6 Å². The number of guanidine groups is 1. The number of aromatic hydroxyl groups is 2. The Balaban J connectivity index is 0.473. The van der Waals surface area contributed by atoms with Gasteiger partial charge in [-0.3, -0.25) is 63.8 Å². The van der Waals surface area contributed by atoms with E-state index in [4.69, 9.17) is 15.2 Å². The normalized spacial score (nSPS) is 27.1. The summed E-state index contributed by atoms with van der Waals surface area (Å²) >= 11 is 0. The zero-order valence-corrected chi connectivity index (χ0v) is 51.2. The van der Waals surface area contributed by atoms with E-state index in [0.29, 0.717) is 100 Å². The van der Waals surface area contributed by atoms with Gasteiger partial charge in [0.2, 0.25) is 47.0 Å². The van der Waals surface area contributed by atoms with E-state index in [0.717, 1.165) is 55.5 Å². The quantitative estimate of drug-likeness (QED) is 0.0288. The van der Waals surface area contributed by atoms with Crippen LogP contribution in [0.5, 0.6) is 23.0 Å². The lowest BCUT2D eigenvalue weighted by molar-refractivity contribution is -0.169. The number of nitrogens with one attached hydrogen (secondary N) is 9. The lowest BCUT2D eigenvalue weighted by Crippen LogP contribution is -2.75. The van der Waals surface area contributed by atoms with Gasteiger partial charge in [-0.2, -0.15) is 0 Å². The number of anilines is 2. The van der Waals surface area contributed by atoms with Gasteiger partial charge in [-0.05, 0) is 130 Å². The van der Waals surface area contributed by atoms with E-state index in [1.807, 2.05) is 18.2 Å². The molecule has 2 saturated carbocycles. The first-order chi connectivity index (χ1) is 45.3. The largest absolute Gasteiger partial charge is 0.504 e. The maximum Gasteiger partial charge on any atom is 0.240 e. The summed E-state index contributed by atoms with van der Waals surface area (Å²) in [5, 5.41) is 68.7. The Morgan fingerprint density at radius 2 is 1.18 bits per heavy atom. The first kappa shape index (κ1) is 59.6. The number of aromatic nitrogens is 2. The third kappa shape index (κ3) is 8.97. The number of aliphatic imine (C=N–C) groups is 1. The minimum absolute atomic E-state index is 0.0297. The van der Waals surface area contributed by atoms with Crippen molar-refractivity contribution < 1.29 is 68.3 Å². The van der Waals surface area contributed by atoms with Crippen molar-refractivity contribution in [2.24, 2.45) is 22.6 Å². The Morgan fingerprint density at radius 1 is 0.617 bits per heavy atom. The van der Waals surface area contributed by atoms with Gasteiger partial charge in [-0.1, -0.05) is 18.2 Å². The molecular weight excluding hydrogens is 1210 g/mol. The Bertz CT molecular complexity index is 4360. The van der Waals surface area contributed by atoms with Crippen molar-refractivity contribution in [1.82, 2.24) is 46.4 Å². The average molecular weight is 1280 g/mol. The summed E-state index contributed by atoms with van der Waals surface area (Å²) in [4.78, 5) is 121. The fraction of sp³-hybridized carbons (Fsp3) is 0.448. The maximum absolute atomic E-state index is 14.6. The number of phenolic OH excluding ortho intramolecular Hbond substituents is 2. The van der Waals surface area contributed by atoms with E-state index < -0.39 is 102 Å². The number of hydrogen-bond acceptors (Lipinski definition) is 18. The average Bonchev–Trinajstić information content (AvgIpc) is 1.59. The first-order valence-electron chi connectivity index (χ1n) is 32.4. The van der Waals surface area contributed by atoms with Crippen LogP contribution in [0.3, 0.4) is 0 Å². The van der Waals surface area contributed by atoms with Crippen molar-refractivity contribution in [1.29, 1.82) is 0 Å². The van der Waals surface area contributed by atoms with Gasteiger partial charge < -0.3 is 72.2 Å². The van der Waals surface area contributed by atoms with Gasteiger partial charge in [0.25, 0.3) is 0 Å². The standard InChI is InChI=1S/C67H71N13O14/c68-63(74-35-10-11-37-36(24-35)53-55(76-37)57(89)61-64-16-20-79(29-31-4-5-31)42(66(53,64)91)22-33-8-12-40(81)59(93-61)51(33)64)71-19-18-70-46(85)27-73-47(86)28-72-44(83)14-15-45(84)78-49(88)26-69-25-48(87)75-38-2-1-3-39-50(38)54-56(77-39)58(90)62-65-17-21-80(30-32-6-7-32)43(67(54,65)92)23-34-9-13-41(82)60(94-62)52(34)65/h1-3,8-13,24,31-32,42-43,61-62,69,76-77,81-82,91-92H,4-7,14-23,25-30H2,(H,70,85)(H,72,83)(H,73,86)(H,75,87)(H3,68,71,74)(H,78,84,88)/t42-,43-,61+,62+,64+,65+,66+,67+/m1/s1. The van der Waals surface area contributed by atoms with Crippen LogP contribution < -0.4 is 52.4 Å². The number of carbonyl (C=O) groups is 8. The molecule has 6 amide bonds. The molecule has 15 N–H and O–H groups in total. The molecule has 4 aromatic carbocycles. The molecule has 8 atom stereocenters. The van der Waals surface area contributed by atoms with Crippen LogP contribution in [-0.2, 0) is 63.6 Å². The summed E-state index contributed by atoms with van der Waals surface area (Å²) in [6.45, 7) is 1.34. The molecule has 0 radical (unpaired) electrons. The molecule has 4 fully saturated rings. The Hall–Kier alpha value is -9.41. The van der Waals surface area contributed by atoms with Crippen LogP contribution in [0.4, 0.5) is 11.4 Å². The number of imide groups is 1. The highest BCUT2D eigenvalue weighted by molar-refractivity contribution is 6.14. The van der Waals surface area contributed by atoms with Gasteiger partial charge in [0, 0.05) is 94.3 Å². The van der Waals surface area contributed by atoms with E-state index >= 15 is 0 Å². The predicted molar refractivity (Wildman–Crippen MR) is 337 cm³/mol. The number of aromatic amines is 2. The molecule has 6 aromatic rings. The van der Waals surface area contributed by atoms with Crippen LogP contribution in [0.2, 0.25) is 0 Å². The van der Waals surface area contributed by atoms with Gasteiger partial charge in [0.15, 0.2) is 41.2 Å². The number of nitrogens with zero attached hydrogens (tertiary/aromatic N) is 3. The van der Waals surface area contributed by atoms with Crippen LogP contribution in [0.25, 0.3) is 21.8 Å². The molecule has 4 bridgehead atoms. The highest BCUT2D eigenvalue weighted by Gasteiger charge is 2.77. The Kier molecular flexibility index (Phi) is 13.8. The van der Waals surface area contributed by atoms with Crippen molar-refractivity contribution in [2.45, 2.75) is 111 Å². The van der Waals surface area contributed by atoms with Gasteiger partial charge >= 0.3 is 0 Å². The van der Waals surface area contributed by atoms with Crippen LogP contribution in [0, 0.1) is 11.8 Å². The predicted octanol–water partition coefficient (Wildman–Crippen LogP) is 1.03. The molecule has 6 heterocycles. The number of fused-ring (bicyclic) bond motifs is 6. The third-order valence-electron chi connectivity index (χ3n) is 21.6. The fourth-order valence-corrected chi connectivity index (χ4v) is 17.4. The van der Waals surface area contributed by atoms with Crippen molar-refractivity contribution in [2.75, 3.05) is 76.1 Å². The number of Topliss-reactive ketones (excluding diaryl/α,β-unsaturated/α-hetero) is 2. The second-order valence-corrected chi connectivity index (χ2v) is 27.1. The molecule has 4 aliphatic heterocycles. The number of H-pyrrole nitrogens is 2. The molecular formula is C67H71N13O14. The highest BCUT2D eigenvalue weighted by atomic mass is 16.5. The van der Waals surface area contributed by atoms with E-state index in [2.05, 4.69) is 62.0 Å². The number of amides is 6. The number of nitrogens with two attached hydrogens (primary N) is 1. The van der Waals surface area contributed by atoms with Crippen molar-refractivity contribution in [3.8, 4) is 23.0 Å². The minimum Gasteiger partial charge on any atom is -0.504 e. The van der Waals surface area contributed by atoms with E-state index in [-0.39, 0.29) is 84.0 Å². The Morgan fingerprint density at radius 3 is 1.81 bits per heavy atom. The molecule has 0 unspecified atom stereocenters. The summed E-state index contributed by atoms with van der Waals surface area (Å²) < 4.78 is 12.8. The molecule has 2 aromatic heterocycles.